The lowest BCUT2D eigenvalue weighted by Crippen LogP contribution is -2.30. The van der Waals surface area contributed by atoms with Gasteiger partial charge in [-0.05, 0) is 36.4 Å². The molecule has 0 radical (unpaired) electrons. The molecule has 4 rings (SSSR count). The van der Waals surface area contributed by atoms with Crippen LogP contribution in [0.1, 0.15) is 16.1 Å². The summed E-state index contributed by atoms with van der Waals surface area (Å²) < 4.78 is 20.9. The van der Waals surface area contributed by atoms with Crippen LogP contribution in [0.25, 0.3) is 0 Å². The van der Waals surface area contributed by atoms with Crippen LogP contribution in [0.2, 0.25) is 0 Å². The van der Waals surface area contributed by atoms with Crippen molar-refractivity contribution < 1.29 is 33.0 Å². The number of carbonyl (C=O) groups excluding carboxylic acids is 3. The highest BCUT2D eigenvalue weighted by Crippen LogP contribution is 2.34. The van der Waals surface area contributed by atoms with Gasteiger partial charge in [0.15, 0.2) is 18.1 Å². The summed E-state index contributed by atoms with van der Waals surface area (Å²) >= 11 is 1.08. The number of nitrogens with one attached hydrogen (secondary N) is 1. The minimum Gasteiger partial charge on any atom is -0.467 e. The van der Waals surface area contributed by atoms with Gasteiger partial charge in [0.25, 0.3) is 5.91 Å². The van der Waals surface area contributed by atoms with Crippen molar-refractivity contribution in [3.63, 3.8) is 0 Å². The van der Waals surface area contributed by atoms with Gasteiger partial charge in [0.05, 0.1) is 24.1 Å². The summed E-state index contributed by atoms with van der Waals surface area (Å²) in [5, 5.41) is 3.09. The lowest BCUT2D eigenvalue weighted by molar-refractivity contribution is -0.134. The maximum atomic E-state index is 12.6. The number of rotatable bonds is 9. The van der Waals surface area contributed by atoms with E-state index in [-0.39, 0.29) is 36.5 Å². The Labute approximate surface area is 199 Å². The number of likely N-dealkylation sites (N-methyl/N-ethyl adjacent to an activating group) is 1. The monoisotopic (exact) mass is 483 g/mol. The van der Waals surface area contributed by atoms with Crippen LogP contribution in [0.5, 0.6) is 11.5 Å². The van der Waals surface area contributed by atoms with Crippen LogP contribution in [0.3, 0.4) is 0 Å². The second-order valence-electron chi connectivity index (χ2n) is 7.17. The summed E-state index contributed by atoms with van der Waals surface area (Å²) in [6.45, 7) is -0.0253. The van der Waals surface area contributed by atoms with E-state index < -0.39 is 12.6 Å². The standard InChI is InChI=1S/C23H21N3O7S/c1-26(11-16-4-3-9-30-16)21(28)12-31-23(29)17-5-2-8-24-22(17)34-13-20(27)25-15-6-7-18-19(10-15)33-14-32-18/h2-10H,11-14H2,1H3,(H,25,27). The molecular weight excluding hydrogens is 462 g/mol. The summed E-state index contributed by atoms with van der Waals surface area (Å²) in [6.07, 6.45) is 3.03. The topological polar surface area (TPSA) is 120 Å². The number of amides is 2. The molecule has 10 nitrogen and oxygen atoms in total. The Kier molecular flexibility index (Phi) is 7.33. The third-order valence-electron chi connectivity index (χ3n) is 4.71. The maximum absolute atomic E-state index is 12.6. The summed E-state index contributed by atoms with van der Waals surface area (Å²) in [4.78, 5) is 42.8. The van der Waals surface area contributed by atoms with Gasteiger partial charge in [0, 0.05) is 25.0 Å². The lowest BCUT2D eigenvalue weighted by atomic mass is 10.3. The largest absolute Gasteiger partial charge is 0.467 e. The molecule has 0 spiro atoms. The summed E-state index contributed by atoms with van der Waals surface area (Å²) in [6, 6.07) is 11.7. The third-order valence-corrected chi connectivity index (χ3v) is 5.72. The number of furan rings is 1. The number of carbonyl (C=O) groups is 3. The van der Waals surface area contributed by atoms with Gasteiger partial charge in [-0.25, -0.2) is 9.78 Å². The smallest absolute Gasteiger partial charge is 0.341 e. The minimum absolute atomic E-state index is 0.0105. The Bertz CT molecular complexity index is 1180. The van der Waals surface area contributed by atoms with Crippen molar-refractivity contribution in [2.24, 2.45) is 0 Å². The third kappa shape index (κ3) is 5.87. The molecule has 2 aromatic heterocycles. The Morgan fingerprint density at radius 1 is 1.15 bits per heavy atom. The molecule has 3 aromatic rings. The fourth-order valence-electron chi connectivity index (χ4n) is 3.01. The molecule has 0 saturated carbocycles. The zero-order valence-electron chi connectivity index (χ0n) is 18.2. The van der Waals surface area contributed by atoms with Crippen molar-refractivity contribution in [1.29, 1.82) is 0 Å². The number of anilines is 1. The number of hydrogen-bond donors (Lipinski definition) is 1. The number of thioether (sulfide) groups is 1. The molecule has 34 heavy (non-hydrogen) atoms. The van der Waals surface area contributed by atoms with Crippen molar-refractivity contribution in [1.82, 2.24) is 9.88 Å². The van der Waals surface area contributed by atoms with Crippen molar-refractivity contribution in [3.8, 4) is 11.5 Å². The molecule has 3 heterocycles. The van der Waals surface area contributed by atoms with Crippen molar-refractivity contribution in [2.75, 3.05) is 31.5 Å². The SMILES string of the molecule is CN(Cc1ccco1)C(=O)COC(=O)c1cccnc1SCC(=O)Nc1ccc2c(c1)OCO2. The van der Waals surface area contributed by atoms with E-state index >= 15 is 0 Å². The fraction of sp³-hybridized carbons (Fsp3) is 0.217. The van der Waals surface area contributed by atoms with Crippen LogP contribution in [0.15, 0.2) is 64.4 Å². The molecule has 0 bridgehead atoms. The van der Waals surface area contributed by atoms with Crippen LogP contribution >= 0.6 is 11.8 Å². The highest BCUT2D eigenvalue weighted by molar-refractivity contribution is 8.00. The van der Waals surface area contributed by atoms with E-state index in [4.69, 9.17) is 18.6 Å². The second kappa shape index (κ2) is 10.8. The summed E-state index contributed by atoms with van der Waals surface area (Å²) in [5.41, 5.74) is 0.734. The maximum Gasteiger partial charge on any atom is 0.341 e. The molecule has 0 aliphatic carbocycles. The molecule has 1 N–H and O–H groups in total. The number of aromatic nitrogens is 1. The highest BCUT2D eigenvalue weighted by Gasteiger charge is 2.19. The molecule has 11 heteroatoms. The minimum atomic E-state index is -0.702. The van der Waals surface area contributed by atoms with Crippen LogP contribution in [0.4, 0.5) is 5.69 Å². The highest BCUT2D eigenvalue weighted by atomic mass is 32.2. The van der Waals surface area contributed by atoms with Gasteiger partial charge < -0.3 is 28.8 Å². The Morgan fingerprint density at radius 3 is 2.82 bits per heavy atom. The van der Waals surface area contributed by atoms with Crippen LogP contribution < -0.4 is 14.8 Å². The molecule has 2 amide bonds. The second-order valence-corrected chi connectivity index (χ2v) is 8.13. The molecule has 0 atom stereocenters. The average molecular weight is 484 g/mol. The van der Waals surface area contributed by atoms with E-state index in [0.29, 0.717) is 28.0 Å². The summed E-state index contributed by atoms with van der Waals surface area (Å²) in [7, 11) is 1.59. The van der Waals surface area contributed by atoms with Crippen LogP contribution in [-0.2, 0) is 20.9 Å². The van der Waals surface area contributed by atoms with Crippen LogP contribution in [0, 0.1) is 0 Å². The van der Waals surface area contributed by atoms with E-state index in [1.165, 1.54) is 23.4 Å². The fourth-order valence-corrected chi connectivity index (χ4v) is 3.79. The molecule has 0 unspecified atom stereocenters. The van der Waals surface area contributed by atoms with Gasteiger partial charge in [-0.3, -0.25) is 9.59 Å². The molecule has 1 aliphatic heterocycles. The summed E-state index contributed by atoms with van der Waals surface area (Å²) in [5.74, 6) is 0.434. The average Bonchev–Trinajstić information content (AvgIpc) is 3.53. The number of hydrogen-bond acceptors (Lipinski definition) is 9. The molecule has 1 aromatic carbocycles. The first kappa shape index (κ1) is 23.2. The van der Waals surface area contributed by atoms with Gasteiger partial charge in [-0.2, -0.15) is 0 Å². The first-order chi connectivity index (χ1) is 16.5. The Balaban J connectivity index is 1.29. The van der Waals surface area contributed by atoms with E-state index in [9.17, 15) is 14.4 Å². The van der Waals surface area contributed by atoms with Crippen molar-refractivity contribution >= 4 is 35.2 Å². The predicted octanol–water partition coefficient (Wildman–Crippen LogP) is 2.95. The number of nitrogens with zero attached hydrogens (tertiary/aromatic N) is 2. The first-order valence-electron chi connectivity index (χ1n) is 10.2. The zero-order valence-corrected chi connectivity index (χ0v) is 19.0. The van der Waals surface area contributed by atoms with Gasteiger partial charge in [-0.1, -0.05) is 11.8 Å². The van der Waals surface area contributed by atoms with E-state index in [0.717, 1.165) is 11.8 Å². The van der Waals surface area contributed by atoms with Gasteiger partial charge >= 0.3 is 5.97 Å². The quantitative estimate of drug-likeness (QED) is 0.362. The Hall–Kier alpha value is -3.99. The van der Waals surface area contributed by atoms with Gasteiger partial charge in [-0.15, -0.1) is 0 Å². The molecule has 0 saturated heterocycles. The molecule has 176 valence electrons. The number of ether oxygens (including phenoxy) is 3. The number of pyridine rings is 1. The van der Waals surface area contributed by atoms with Gasteiger partial charge in [0.1, 0.15) is 10.8 Å². The zero-order chi connectivity index (χ0) is 23.9. The first-order valence-corrected chi connectivity index (χ1v) is 11.2. The van der Waals surface area contributed by atoms with E-state index in [1.54, 1.807) is 43.4 Å². The Morgan fingerprint density at radius 2 is 2.00 bits per heavy atom. The van der Waals surface area contributed by atoms with E-state index in [2.05, 4.69) is 10.3 Å². The lowest BCUT2D eigenvalue weighted by Gasteiger charge is -2.16. The molecular formula is C23H21N3O7S. The normalized spacial score (nSPS) is 11.7. The number of fused-ring (bicyclic) bond motifs is 1. The van der Waals surface area contributed by atoms with Crippen molar-refractivity contribution in [3.05, 3.63) is 66.2 Å². The van der Waals surface area contributed by atoms with Crippen LogP contribution in [-0.4, -0.2) is 53.9 Å². The van der Waals surface area contributed by atoms with Crippen molar-refractivity contribution in [2.45, 2.75) is 11.6 Å². The van der Waals surface area contributed by atoms with Gasteiger partial charge in [0.2, 0.25) is 12.7 Å². The number of esters is 1. The molecule has 1 aliphatic rings. The van der Waals surface area contributed by atoms with E-state index in [1.807, 2.05) is 0 Å². The molecule has 0 fully saturated rings. The predicted molar refractivity (Wildman–Crippen MR) is 122 cm³/mol. The number of benzene rings is 1.